The summed E-state index contributed by atoms with van der Waals surface area (Å²) in [6.45, 7) is 6.30. The van der Waals surface area contributed by atoms with E-state index in [0.717, 1.165) is 32.7 Å². The predicted molar refractivity (Wildman–Crippen MR) is 173 cm³/mol. The van der Waals surface area contributed by atoms with Crippen LogP contribution in [0.15, 0.2) is 76.6 Å². The molecule has 2 aliphatic carbocycles. The molecule has 2 N–H and O–H groups in total. The van der Waals surface area contributed by atoms with Gasteiger partial charge in [-0.25, -0.2) is 0 Å². The first-order valence-electron chi connectivity index (χ1n) is 15.2. The SMILES string of the molecule is CC(C)(C)c1ccc([C@H]2c3sc(=O)[nH]c3SC3C4CC(C5C(=O)N(CC(=O)Nc6ccc7ccccc7c6)C(=O)C45)C32)cc1. The van der Waals surface area contributed by atoms with E-state index in [-0.39, 0.29) is 63.5 Å². The Bertz CT molecular complexity index is 1910. The number of hydrogen-bond donors (Lipinski definition) is 2. The third-order valence-corrected chi connectivity index (χ3v) is 12.9. The van der Waals surface area contributed by atoms with Crippen LogP contribution in [0.1, 0.15) is 49.1 Å². The van der Waals surface area contributed by atoms with Crippen LogP contribution in [0.3, 0.4) is 0 Å². The molecular weight excluding hydrogens is 591 g/mol. The summed E-state index contributed by atoms with van der Waals surface area (Å²) in [5.74, 6) is -1.50. The van der Waals surface area contributed by atoms with E-state index in [1.165, 1.54) is 21.8 Å². The van der Waals surface area contributed by atoms with Gasteiger partial charge in [-0.3, -0.25) is 24.1 Å². The molecule has 6 unspecified atom stereocenters. The fourth-order valence-electron chi connectivity index (χ4n) is 8.41. The monoisotopic (exact) mass is 623 g/mol. The number of amides is 3. The van der Waals surface area contributed by atoms with E-state index in [1.54, 1.807) is 11.8 Å². The van der Waals surface area contributed by atoms with Crippen LogP contribution in [0.25, 0.3) is 10.8 Å². The number of benzene rings is 3. The van der Waals surface area contributed by atoms with Gasteiger partial charge in [-0.15, -0.1) is 11.8 Å². The van der Waals surface area contributed by atoms with Crippen molar-refractivity contribution in [3.63, 3.8) is 0 Å². The Morgan fingerprint density at radius 2 is 1.64 bits per heavy atom. The number of nitrogens with one attached hydrogen (secondary N) is 2. The van der Waals surface area contributed by atoms with Gasteiger partial charge in [-0.1, -0.05) is 86.7 Å². The summed E-state index contributed by atoms with van der Waals surface area (Å²) in [5.41, 5.74) is 3.05. The summed E-state index contributed by atoms with van der Waals surface area (Å²) < 4.78 is 0. The standard InChI is InChI=1S/C35H33N3O4S2/c1-35(2,3)20-11-8-18(9-12-20)25-26-22-15-23(29(26)43-31-30(25)44-34(42)37-31)28-27(22)32(40)38(33(28)41)16-24(39)36-21-13-10-17-6-4-5-7-19(17)14-21/h4-14,22-23,25-29H,15-16H2,1-3H3,(H,36,39)(H,37,42)/t22?,23?,25-,26?,27?,28?,29?/m1/s1. The number of nitrogens with zero attached hydrogens (tertiary/aromatic N) is 1. The molecule has 7 nitrogen and oxygen atoms in total. The van der Waals surface area contributed by atoms with Crippen molar-refractivity contribution in [2.75, 3.05) is 11.9 Å². The molecule has 3 amide bonds. The maximum Gasteiger partial charge on any atom is 0.305 e. The lowest BCUT2D eigenvalue weighted by molar-refractivity contribution is -0.143. The van der Waals surface area contributed by atoms with Crippen molar-refractivity contribution in [2.24, 2.45) is 29.6 Å². The van der Waals surface area contributed by atoms with Gasteiger partial charge in [0.05, 0.1) is 16.9 Å². The molecule has 224 valence electrons. The lowest BCUT2D eigenvalue weighted by Gasteiger charge is -2.43. The maximum absolute atomic E-state index is 13.9. The van der Waals surface area contributed by atoms with Crippen LogP contribution in [0.5, 0.6) is 0 Å². The molecule has 4 aliphatic rings. The first kappa shape index (κ1) is 27.8. The molecule has 9 heteroatoms. The molecule has 44 heavy (non-hydrogen) atoms. The highest BCUT2D eigenvalue weighted by Gasteiger charge is 2.69. The predicted octanol–water partition coefficient (Wildman–Crippen LogP) is 6.00. The van der Waals surface area contributed by atoms with Gasteiger partial charge in [0.1, 0.15) is 6.54 Å². The Kier molecular flexibility index (Phi) is 6.27. The summed E-state index contributed by atoms with van der Waals surface area (Å²) in [4.78, 5) is 58.7. The number of carbonyl (C=O) groups excluding carboxylic acids is 3. The van der Waals surface area contributed by atoms with Crippen LogP contribution in [-0.4, -0.2) is 39.4 Å². The van der Waals surface area contributed by atoms with E-state index in [4.69, 9.17) is 0 Å². The minimum atomic E-state index is -0.420. The number of likely N-dealkylation sites (tertiary alicyclic amines) is 1. The molecular formula is C35H33N3O4S2. The lowest BCUT2D eigenvalue weighted by atomic mass is 9.68. The molecule has 2 aliphatic heterocycles. The van der Waals surface area contributed by atoms with Gasteiger partial charge in [-0.2, -0.15) is 0 Å². The normalized spacial score (nSPS) is 28.7. The van der Waals surface area contributed by atoms with Crippen LogP contribution in [-0.2, 0) is 19.8 Å². The van der Waals surface area contributed by atoms with E-state index in [2.05, 4.69) is 55.3 Å². The zero-order valence-electron chi connectivity index (χ0n) is 24.7. The molecule has 1 aromatic heterocycles. The second-order valence-electron chi connectivity index (χ2n) is 13.7. The highest BCUT2D eigenvalue weighted by molar-refractivity contribution is 8.00. The molecule has 3 fully saturated rings. The number of rotatable bonds is 4. The number of thioether (sulfide) groups is 1. The first-order valence-corrected chi connectivity index (χ1v) is 16.9. The van der Waals surface area contributed by atoms with Crippen molar-refractivity contribution in [3.05, 3.63) is 92.4 Å². The van der Waals surface area contributed by atoms with Crippen LogP contribution < -0.4 is 10.2 Å². The van der Waals surface area contributed by atoms with Gasteiger partial charge in [-0.05, 0) is 63.6 Å². The van der Waals surface area contributed by atoms with E-state index < -0.39 is 11.8 Å². The Labute approximate surface area is 263 Å². The van der Waals surface area contributed by atoms with Crippen molar-refractivity contribution in [3.8, 4) is 0 Å². The average Bonchev–Trinajstić information content (AvgIpc) is 3.73. The Morgan fingerprint density at radius 1 is 0.932 bits per heavy atom. The maximum atomic E-state index is 13.9. The molecule has 7 atom stereocenters. The third kappa shape index (κ3) is 4.23. The number of anilines is 1. The van der Waals surface area contributed by atoms with Crippen LogP contribution in [0.4, 0.5) is 5.69 Å². The third-order valence-electron chi connectivity index (χ3n) is 10.3. The zero-order valence-corrected chi connectivity index (χ0v) is 26.3. The van der Waals surface area contributed by atoms with Crippen molar-refractivity contribution in [2.45, 2.75) is 48.8 Å². The molecule has 8 rings (SSSR count). The summed E-state index contributed by atoms with van der Waals surface area (Å²) in [7, 11) is 0. The number of H-pyrrole nitrogens is 1. The van der Waals surface area contributed by atoms with Gasteiger partial charge in [0.2, 0.25) is 17.7 Å². The molecule has 1 saturated heterocycles. The fourth-order valence-corrected chi connectivity index (χ4v) is 11.3. The summed E-state index contributed by atoms with van der Waals surface area (Å²) >= 11 is 2.95. The summed E-state index contributed by atoms with van der Waals surface area (Å²) in [6, 6.07) is 22.3. The van der Waals surface area contributed by atoms with E-state index in [0.29, 0.717) is 5.69 Å². The minimum absolute atomic E-state index is 0.0154. The van der Waals surface area contributed by atoms with E-state index in [1.807, 2.05) is 42.5 Å². The minimum Gasteiger partial charge on any atom is -0.325 e. The van der Waals surface area contributed by atoms with E-state index >= 15 is 0 Å². The van der Waals surface area contributed by atoms with Gasteiger partial charge in [0, 0.05) is 21.7 Å². The Hall–Kier alpha value is -3.69. The van der Waals surface area contributed by atoms with E-state index in [9.17, 15) is 19.2 Å². The average molecular weight is 624 g/mol. The number of carbonyl (C=O) groups is 3. The lowest BCUT2D eigenvalue weighted by Crippen LogP contribution is -2.42. The van der Waals surface area contributed by atoms with Gasteiger partial charge in [0.25, 0.3) is 0 Å². The zero-order chi connectivity index (χ0) is 30.5. The number of aromatic amines is 1. The molecule has 2 saturated carbocycles. The molecule has 0 spiro atoms. The van der Waals surface area contributed by atoms with Gasteiger partial charge in [0.15, 0.2) is 0 Å². The second kappa shape index (κ2) is 9.91. The van der Waals surface area contributed by atoms with Crippen molar-refractivity contribution in [1.82, 2.24) is 9.88 Å². The number of aromatic nitrogens is 1. The van der Waals surface area contributed by atoms with Crippen LogP contribution in [0.2, 0.25) is 0 Å². The van der Waals surface area contributed by atoms with Gasteiger partial charge < -0.3 is 10.3 Å². The van der Waals surface area contributed by atoms with Crippen molar-refractivity contribution >= 4 is 57.3 Å². The summed E-state index contributed by atoms with van der Waals surface area (Å²) in [5, 5.41) is 5.98. The fraction of sp³-hybridized carbons (Fsp3) is 0.371. The largest absolute Gasteiger partial charge is 0.325 e. The number of thiazole rings is 1. The highest BCUT2D eigenvalue weighted by atomic mass is 32.2. The molecule has 4 aromatic rings. The van der Waals surface area contributed by atoms with Crippen LogP contribution >= 0.6 is 23.1 Å². The number of hydrogen-bond acceptors (Lipinski definition) is 6. The molecule has 0 radical (unpaired) electrons. The molecule has 3 aromatic carbocycles. The Balaban J connectivity index is 1.07. The molecule has 2 bridgehead atoms. The number of fused-ring (bicyclic) bond motifs is 10. The summed E-state index contributed by atoms with van der Waals surface area (Å²) in [6.07, 6.45) is 0.821. The first-order chi connectivity index (χ1) is 21.1. The Morgan fingerprint density at radius 3 is 2.36 bits per heavy atom. The topological polar surface area (TPSA) is 99.3 Å². The van der Waals surface area contributed by atoms with Crippen molar-refractivity contribution in [1.29, 1.82) is 0 Å². The van der Waals surface area contributed by atoms with Gasteiger partial charge >= 0.3 is 4.87 Å². The highest BCUT2D eigenvalue weighted by Crippen LogP contribution is 2.68. The quantitative estimate of drug-likeness (QED) is 0.272. The smallest absolute Gasteiger partial charge is 0.305 e. The van der Waals surface area contributed by atoms with Crippen molar-refractivity contribution < 1.29 is 14.4 Å². The number of imide groups is 1. The second-order valence-corrected chi connectivity index (χ2v) is 15.9. The molecule has 3 heterocycles. The van der Waals surface area contributed by atoms with Crippen LogP contribution in [0, 0.1) is 29.6 Å².